The van der Waals surface area contributed by atoms with Gasteiger partial charge in [0.2, 0.25) is 0 Å². The van der Waals surface area contributed by atoms with Gasteiger partial charge >= 0.3 is 12.0 Å². The molecule has 0 saturated heterocycles. The number of carbonyl (C=O) groups excluding carboxylic acids is 2. The number of ether oxygens (including phenoxy) is 1. The van der Waals surface area contributed by atoms with Crippen LogP contribution in [0.4, 0.5) is 4.79 Å². The largest absolute Gasteiger partial charge is 0.465 e. The second-order valence-electron chi connectivity index (χ2n) is 6.30. The number of nitrogens with one attached hydrogen (secondary N) is 2. The molecule has 1 aliphatic rings. The molecule has 0 fully saturated rings. The van der Waals surface area contributed by atoms with Crippen LogP contribution in [0.2, 0.25) is 0 Å². The summed E-state index contributed by atoms with van der Waals surface area (Å²) in [7, 11) is 1.31. The Kier molecular flexibility index (Phi) is 4.41. The summed E-state index contributed by atoms with van der Waals surface area (Å²) in [5, 5.41) is 15.0. The first kappa shape index (κ1) is 16.6. The number of nitrogens with zero attached hydrogens (tertiary/aromatic N) is 1. The van der Waals surface area contributed by atoms with Gasteiger partial charge in [0.25, 0.3) is 0 Å². The van der Waals surface area contributed by atoms with Gasteiger partial charge in [0.15, 0.2) is 0 Å². The summed E-state index contributed by atoms with van der Waals surface area (Å²) >= 11 is 0. The van der Waals surface area contributed by atoms with Gasteiger partial charge in [-0.1, -0.05) is 32.9 Å². The molecule has 2 rings (SSSR count). The van der Waals surface area contributed by atoms with Crippen LogP contribution in [0.15, 0.2) is 35.5 Å². The molecule has 1 aliphatic heterocycles. The summed E-state index contributed by atoms with van der Waals surface area (Å²) < 4.78 is 4.66. The van der Waals surface area contributed by atoms with Crippen molar-refractivity contribution in [3.8, 4) is 6.07 Å². The first-order chi connectivity index (χ1) is 10.8. The van der Waals surface area contributed by atoms with Crippen molar-refractivity contribution in [2.45, 2.75) is 26.8 Å². The number of amides is 2. The second-order valence-corrected chi connectivity index (χ2v) is 6.30. The predicted octanol–water partition coefficient (Wildman–Crippen LogP) is 2.65. The van der Waals surface area contributed by atoms with Crippen LogP contribution in [0.1, 0.15) is 42.7 Å². The highest BCUT2D eigenvalue weighted by atomic mass is 16.5. The molecule has 6 nitrogen and oxygen atoms in total. The van der Waals surface area contributed by atoms with Crippen LogP contribution < -0.4 is 10.6 Å². The number of carbonyl (C=O) groups is 2. The molecule has 1 aromatic carbocycles. The van der Waals surface area contributed by atoms with Crippen LogP contribution in [0.3, 0.4) is 0 Å². The van der Waals surface area contributed by atoms with Crippen LogP contribution in [-0.4, -0.2) is 19.1 Å². The molecule has 1 aromatic rings. The number of methoxy groups -OCH3 is 1. The SMILES string of the molecule is COC(=O)c1ccc([C@H]2NC(=O)NC(C(C)(C)C)=C2C#N)cc1. The van der Waals surface area contributed by atoms with Crippen molar-refractivity contribution < 1.29 is 14.3 Å². The Morgan fingerprint density at radius 2 is 1.87 bits per heavy atom. The van der Waals surface area contributed by atoms with Gasteiger partial charge in [-0.05, 0) is 17.7 Å². The fourth-order valence-corrected chi connectivity index (χ4v) is 2.46. The molecule has 0 spiro atoms. The zero-order valence-electron chi connectivity index (χ0n) is 13.6. The third-order valence-electron chi connectivity index (χ3n) is 3.61. The number of hydrogen-bond acceptors (Lipinski definition) is 4. The maximum absolute atomic E-state index is 11.9. The van der Waals surface area contributed by atoms with Crippen LogP contribution in [-0.2, 0) is 4.74 Å². The van der Waals surface area contributed by atoms with E-state index in [4.69, 9.17) is 0 Å². The number of benzene rings is 1. The fraction of sp³-hybridized carbons (Fsp3) is 0.353. The average Bonchev–Trinajstić information content (AvgIpc) is 2.52. The number of esters is 1. The normalized spacial score (nSPS) is 17.9. The van der Waals surface area contributed by atoms with Crippen molar-refractivity contribution in [1.29, 1.82) is 5.26 Å². The standard InChI is InChI=1S/C17H19N3O3/c1-17(2,3)14-12(9-18)13(19-16(22)20-14)10-5-7-11(8-6-10)15(21)23-4/h5-8,13H,1-4H3,(H2,19,20,22)/t13-/m1/s1. The third kappa shape index (κ3) is 3.34. The van der Waals surface area contributed by atoms with Gasteiger partial charge in [0, 0.05) is 11.1 Å². The van der Waals surface area contributed by atoms with E-state index >= 15 is 0 Å². The summed E-state index contributed by atoms with van der Waals surface area (Å²) in [6.45, 7) is 5.80. The molecule has 0 aliphatic carbocycles. The fourth-order valence-electron chi connectivity index (χ4n) is 2.46. The third-order valence-corrected chi connectivity index (χ3v) is 3.61. The Morgan fingerprint density at radius 1 is 1.26 bits per heavy atom. The first-order valence-corrected chi connectivity index (χ1v) is 7.18. The quantitative estimate of drug-likeness (QED) is 0.821. The van der Waals surface area contributed by atoms with E-state index in [0.29, 0.717) is 16.8 Å². The molecule has 23 heavy (non-hydrogen) atoms. The molecule has 0 radical (unpaired) electrons. The number of hydrogen-bond donors (Lipinski definition) is 2. The summed E-state index contributed by atoms with van der Waals surface area (Å²) in [6, 6.07) is 7.93. The highest BCUT2D eigenvalue weighted by molar-refractivity contribution is 5.89. The summed E-state index contributed by atoms with van der Waals surface area (Å²) in [4.78, 5) is 23.4. The Labute approximate surface area is 135 Å². The Hall–Kier alpha value is -2.81. The van der Waals surface area contributed by atoms with Gasteiger partial charge in [0.05, 0.1) is 30.4 Å². The van der Waals surface area contributed by atoms with Gasteiger partial charge in [-0.15, -0.1) is 0 Å². The minimum absolute atomic E-state index is 0.351. The smallest absolute Gasteiger partial charge is 0.337 e. The molecule has 0 bridgehead atoms. The highest BCUT2D eigenvalue weighted by Gasteiger charge is 2.33. The van der Waals surface area contributed by atoms with Crippen LogP contribution in [0.25, 0.3) is 0 Å². The van der Waals surface area contributed by atoms with Gasteiger partial charge in [-0.25, -0.2) is 9.59 Å². The van der Waals surface area contributed by atoms with E-state index in [2.05, 4.69) is 21.4 Å². The number of urea groups is 1. The first-order valence-electron chi connectivity index (χ1n) is 7.18. The summed E-state index contributed by atoms with van der Waals surface area (Å²) in [5.41, 5.74) is 1.84. The van der Waals surface area contributed by atoms with E-state index in [1.807, 2.05) is 20.8 Å². The molecule has 0 unspecified atom stereocenters. The zero-order valence-corrected chi connectivity index (χ0v) is 13.6. The molecule has 6 heteroatoms. The number of allylic oxidation sites excluding steroid dienone is 1. The van der Waals surface area contributed by atoms with E-state index in [0.717, 1.165) is 5.56 Å². The van der Waals surface area contributed by atoms with Crippen molar-refractivity contribution in [2.24, 2.45) is 5.41 Å². The van der Waals surface area contributed by atoms with E-state index in [9.17, 15) is 14.9 Å². The highest BCUT2D eigenvalue weighted by Crippen LogP contribution is 2.34. The topological polar surface area (TPSA) is 91.2 Å². The second kappa shape index (κ2) is 6.13. The molecule has 0 aromatic heterocycles. The Bertz CT molecular complexity index is 706. The Morgan fingerprint density at radius 3 is 2.35 bits per heavy atom. The van der Waals surface area contributed by atoms with Gasteiger partial charge in [-0.2, -0.15) is 5.26 Å². The average molecular weight is 313 g/mol. The Balaban J connectivity index is 2.46. The van der Waals surface area contributed by atoms with Crippen molar-refractivity contribution >= 4 is 12.0 Å². The lowest BCUT2D eigenvalue weighted by atomic mass is 9.84. The van der Waals surface area contributed by atoms with Crippen molar-refractivity contribution in [3.63, 3.8) is 0 Å². The molecular formula is C17H19N3O3. The predicted molar refractivity (Wildman–Crippen MR) is 84.3 cm³/mol. The summed E-state index contributed by atoms with van der Waals surface area (Å²) in [5.74, 6) is -0.433. The van der Waals surface area contributed by atoms with E-state index in [1.54, 1.807) is 24.3 Å². The molecular weight excluding hydrogens is 294 g/mol. The van der Waals surface area contributed by atoms with Gasteiger partial charge in [0.1, 0.15) is 0 Å². The lowest BCUT2D eigenvalue weighted by molar-refractivity contribution is 0.0600. The number of nitriles is 1. The maximum atomic E-state index is 11.9. The molecule has 0 saturated carbocycles. The zero-order chi connectivity index (χ0) is 17.2. The van der Waals surface area contributed by atoms with Crippen molar-refractivity contribution in [2.75, 3.05) is 7.11 Å². The van der Waals surface area contributed by atoms with Crippen LogP contribution in [0.5, 0.6) is 0 Å². The van der Waals surface area contributed by atoms with Crippen molar-refractivity contribution in [1.82, 2.24) is 10.6 Å². The molecule has 1 atom stereocenters. The summed E-state index contributed by atoms with van der Waals surface area (Å²) in [6.07, 6.45) is 0. The molecule has 2 amide bonds. The van der Waals surface area contributed by atoms with Crippen LogP contribution >= 0.6 is 0 Å². The van der Waals surface area contributed by atoms with E-state index in [-0.39, 0.29) is 11.4 Å². The van der Waals surface area contributed by atoms with Crippen LogP contribution in [0, 0.1) is 16.7 Å². The van der Waals surface area contributed by atoms with Gasteiger partial charge in [-0.3, -0.25) is 0 Å². The molecule has 2 N–H and O–H groups in total. The lowest BCUT2D eigenvalue weighted by Crippen LogP contribution is -2.46. The number of rotatable bonds is 2. The lowest BCUT2D eigenvalue weighted by Gasteiger charge is -2.33. The minimum Gasteiger partial charge on any atom is -0.465 e. The molecule has 1 heterocycles. The van der Waals surface area contributed by atoms with E-state index in [1.165, 1.54) is 7.11 Å². The monoisotopic (exact) mass is 313 g/mol. The minimum atomic E-state index is -0.547. The molecule has 120 valence electrons. The van der Waals surface area contributed by atoms with Crippen molar-refractivity contribution in [3.05, 3.63) is 46.7 Å². The maximum Gasteiger partial charge on any atom is 0.337 e. The van der Waals surface area contributed by atoms with E-state index < -0.39 is 12.0 Å². The van der Waals surface area contributed by atoms with Gasteiger partial charge < -0.3 is 15.4 Å².